The average Bonchev–Trinajstić information content (AvgIpc) is 3.23. The number of hydrogen-bond acceptors (Lipinski definition) is 3. The molecule has 0 saturated carbocycles. The van der Waals surface area contributed by atoms with E-state index < -0.39 is 5.82 Å². The third-order valence-electron chi connectivity index (χ3n) is 5.22. The molecular weight excluding hydrogens is 415 g/mol. The predicted molar refractivity (Wildman–Crippen MR) is 120 cm³/mol. The van der Waals surface area contributed by atoms with Crippen molar-refractivity contribution in [2.75, 3.05) is 6.54 Å². The van der Waals surface area contributed by atoms with Crippen molar-refractivity contribution in [3.63, 3.8) is 0 Å². The molecule has 0 N–H and O–H groups in total. The number of benzene rings is 3. The molecule has 4 rings (SSSR count). The SMILES string of the molecule is Cc1ccc(C2=NOC(CN(Cc3ccccc3Cl)C(=O)c3cccc(F)c3)C2)cc1. The van der Waals surface area contributed by atoms with E-state index in [0.29, 0.717) is 18.0 Å². The van der Waals surface area contributed by atoms with Crippen LogP contribution >= 0.6 is 11.6 Å². The lowest BCUT2D eigenvalue weighted by atomic mass is 10.0. The molecular formula is C25H22ClFN2O2. The topological polar surface area (TPSA) is 41.9 Å². The van der Waals surface area contributed by atoms with Crippen LogP contribution in [-0.4, -0.2) is 29.2 Å². The van der Waals surface area contributed by atoms with E-state index in [1.54, 1.807) is 17.0 Å². The van der Waals surface area contributed by atoms with Gasteiger partial charge in [-0.15, -0.1) is 0 Å². The molecule has 3 aromatic rings. The summed E-state index contributed by atoms with van der Waals surface area (Å²) in [6.07, 6.45) is 0.287. The first-order valence-electron chi connectivity index (χ1n) is 10.1. The van der Waals surface area contributed by atoms with E-state index in [2.05, 4.69) is 5.16 Å². The van der Waals surface area contributed by atoms with Crippen molar-refractivity contribution in [3.8, 4) is 0 Å². The highest BCUT2D eigenvalue weighted by Crippen LogP contribution is 2.22. The first-order valence-corrected chi connectivity index (χ1v) is 10.5. The van der Waals surface area contributed by atoms with E-state index in [1.165, 1.54) is 23.8 Å². The van der Waals surface area contributed by atoms with Crippen LogP contribution in [0, 0.1) is 12.7 Å². The largest absolute Gasteiger partial charge is 0.390 e. The highest BCUT2D eigenvalue weighted by molar-refractivity contribution is 6.31. The van der Waals surface area contributed by atoms with Gasteiger partial charge in [-0.1, -0.05) is 70.9 Å². The number of carbonyl (C=O) groups is 1. The van der Waals surface area contributed by atoms with Gasteiger partial charge in [0.05, 0.1) is 12.3 Å². The maximum atomic E-state index is 13.7. The van der Waals surface area contributed by atoms with Gasteiger partial charge in [0.2, 0.25) is 0 Å². The molecule has 1 atom stereocenters. The molecule has 0 aromatic heterocycles. The van der Waals surface area contributed by atoms with Crippen molar-refractivity contribution in [2.24, 2.45) is 5.16 Å². The van der Waals surface area contributed by atoms with Gasteiger partial charge >= 0.3 is 0 Å². The van der Waals surface area contributed by atoms with Crippen LogP contribution in [0.3, 0.4) is 0 Å². The molecule has 4 nitrogen and oxygen atoms in total. The maximum Gasteiger partial charge on any atom is 0.254 e. The molecule has 6 heteroatoms. The van der Waals surface area contributed by atoms with Crippen LogP contribution in [0.4, 0.5) is 4.39 Å². The van der Waals surface area contributed by atoms with Gasteiger partial charge < -0.3 is 9.74 Å². The molecule has 0 spiro atoms. The number of aryl methyl sites for hydroxylation is 1. The molecule has 1 amide bonds. The van der Waals surface area contributed by atoms with Crippen molar-refractivity contribution in [3.05, 3.63) is 106 Å². The van der Waals surface area contributed by atoms with Crippen LogP contribution in [0.15, 0.2) is 78.0 Å². The predicted octanol–water partition coefficient (Wildman–Crippen LogP) is 5.62. The summed E-state index contributed by atoms with van der Waals surface area (Å²) in [4.78, 5) is 20.5. The van der Waals surface area contributed by atoms with Crippen molar-refractivity contribution in [1.29, 1.82) is 0 Å². The second-order valence-electron chi connectivity index (χ2n) is 7.62. The molecule has 31 heavy (non-hydrogen) atoms. The Morgan fingerprint density at radius 2 is 1.90 bits per heavy atom. The van der Waals surface area contributed by atoms with E-state index in [4.69, 9.17) is 16.4 Å². The standard InChI is InChI=1S/C25H22ClFN2O2/c1-17-9-11-18(12-10-17)24-14-22(31-28-24)16-29(15-20-5-2-3-8-23(20)26)25(30)19-6-4-7-21(27)13-19/h2-13,22H,14-16H2,1H3. The average molecular weight is 437 g/mol. The number of hydrogen-bond donors (Lipinski definition) is 0. The molecule has 158 valence electrons. The third kappa shape index (κ3) is 5.12. The molecule has 1 aliphatic rings. The van der Waals surface area contributed by atoms with Gasteiger partial charge in [0, 0.05) is 23.6 Å². The van der Waals surface area contributed by atoms with Gasteiger partial charge in [-0.2, -0.15) is 0 Å². The van der Waals surface area contributed by atoms with Crippen molar-refractivity contribution < 1.29 is 14.0 Å². The Bertz CT molecular complexity index is 1110. The first kappa shape index (κ1) is 21.1. The number of amides is 1. The summed E-state index contributed by atoms with van der Waals surface area (Å²) in [5.74, 6) is -0.738. The summed E-state index contributed by atoms with van der Waals surface area (Å²) in [7, 11) is 0. The van der Waals surface area contributed by atoms with Gasteiger partial charge in [0.15, 0.2) is 6.10 Å². The molecule has 0 bridgehead atoms. The summed E-state index contributed by atoms with van der Waals surface area (Å²) in [5, 5.41) is 4.81. The lowest BCUT2D eigenvalue weighted by molar-refractivity contribution is 0.0405. The highest BCUT2D eigenvalue weighted by atomic mass is 35.5. The quantitative estimate of drug-likeness (QED) is 0.503. The Kier molecular flexibility index (Phi) is 6.33. The van der Waals surface area contributed by atoms with Crippen LogP contribution in [0.5, 0.6) is 0 Å². The van der Waals surface area contributed by atoms with Gasteiger partial charge in [0.1, 0.15) is 5.82 Å². The number of nitrogens with zero attached hydrogens (tertiary/aromatic N) is 2. The van der Waals surface area contributed by atoms with E-state index in [1.807, 2.05) is 49.4 Å². The van der Waals surface area contributed by atoms with Crippen LogP contribution in [0.1, 0.15) is 33.5 Å². The number of rotatable bonds is 6. The molecule has 1 aliphatic heterocycles. The lowest BCUT2D eigenvalue weighted by Gasteiger charge is -2.25. The second-order valence-corrected chi connectivity index (χ2v) is 8.03. The molecule has 0 aliphatic carbocycles. The van der Waals surface area contributed by atoms with E-state index in [-0.39, 0.29) is 24.1 Å². The summed E-state index contributed by atoms with van der Waals surface area (Å²) in [5.41, 5.74) is 4.12. The van der Waals surface area contributed by atoms with Crippen LogP contribution in [0.2, 0.25) is 5.02 Å². The van der Waals surface area contributed by atoms with Gasteiger partial charge in [0.25, 0.3) is 5.91 Å². The van der Waals surface area contributed by atoms with Gasteiger partial charge in [-0.05, 0) is 42.3 Å². The van der Waals surface area contributed by atoms with E-state index in [9.17, 15) is 9.18 Å². The summed E-state index contributed by atoms with van der Waals surface area (Å²) in [6.45, 7) is 2.62. The zero-order valence-electron chi connectivity index (χ0n) is 17.1. The van der Waals surface area contributed by atoms with E-state index in [0.717, 1.165) is 16.8 Å². The second kappa shape index (κ2) is 9.31. The zero-order valence-corrected chi connectivity index (χ0v) is 17.8. The molecule has 1 heterocycles. The monoisotopic (exact) mass is 436 g/mol. The van der Waals surface area contributed by atoms with Crippen LogP contribution in [0.25, 0.3) is 0 Å². The summed E-state index contributed by atoms with van der Waals surface area (Å²) in [6, 6.07) is 21.1. The van der Waals surface area contributed by atoms with Crippen molar-refractivity contribution in [2.45, 2.75) is 26.0 Å². The Morgan fingerprint density at radius 1 is 1.13 bits per heavy atom. The first-order chi connectivity index (χ1) is 15.0. The number of carbonyl (C=O) groups excluding carboxylic acids is 1. The Labute approximate surface area is 185 Å². The Balaban J connectivity index is 1.53. The molecule has 1 unspecified atom stereocenters. The smallest absolute Gasteiger partial charge is 0.254 e. The normalized spacial score (nSPS) is 15.3. The number of oxime groups is 1. The Hall–Kier alpha value is -3.18. The molecule has 3 aromatic carbocycles. The molecule has 0 radical (unpaired) electrons. The third-order valence-corrected chi connectivity index (χ3v) is 5.59. The fourth-order valence-corrected chi connectivity index (χ4v) is 3.74. The fourth-order valence-electron chi connectivity index (χ4n) is 3.54. The summed E-state index contributed by atoms with van der Waals surface area (Å²) < 4.78 is 13.7. The summed E-state index contributed by atoms with van der Waals surface area (Å²) >= 11 is 6.32. The minimum atomic E-state index is -0.453. The van der Waals surface area contributed by atoms with E-state index >= 15 is 0 Å². The fraction of sp³-hybridized carbons (Fsp3) is 0.200. The zero-order chi connectivity index (χ0) is 21.8. The lowest BCUT2D eigenvalue weighted by Crippen LogP contribution is -2.37. The number of halogens is 2. The minimum Gasteiger partial charge on any atom is -0.390 e. The van der Waals surface area contributed by atoms with Crippen LogP contribution < -0.4 is 0 Å². The highest BCUT2D eigenvalue weighted by Gasteiger charge is 2.28. The van der Waals surface area contributed by atoms with Gasteiger partial charge in [-0.25, -0.2) is 4.39 Å². The molecule has 0 fully saturated rings. The van der Waals surface area contributed by atoms with Gasteiger partial charge in [-0.3, -0.25) is 4.79 Å². The minimum absolute atomic E-state index is 0.282. The van der Waals surface area contributed by atoms with Crippen LogP contribution in [-0.2, 0) is 11.4 Å². The maximum absolute atomic E-state index is 13.7. The molecule has 0 saturated heterocycles. The van der Waals surface area contributed by atoms with Crippen molar-refractivity contribution >= 4 is 23.2 Å². The van der Waals surface area contributed by atoms with Crippen molar-refractivity contribution in [1.82, 2.24) is 4.90 Å². The Morgan fingerprint density at radius 3 is 2.65 bits per heavy atom.